The van der Waals surface area contributed by atoms with E-state index in [0.717, 1.165) is 48.6 Å². The van der Waals surface area contributed by atoms with Gasteiger partial charge in [0, 0.05) is 31.4 Å². The molecule has 7 nitrogen and oxygen atoms in total. The van der Waals surface area contributed by atoms with Crippen molar-refractivity contribution in [3.8, 4) is 0 Å². The van der Waals surface area contributed by atoms with Crippen molar-refractivity contribution >= 4 is 16.9 Å². The number of likely N-dealkylation sites (tertiary alicyclic amines) is 1. The van der Waals surface area contributed by atoms with E-state index >= 15 is 0 Å². The Morgan fingerprint density at radius 1 is 1.07 bits per heavy atom. The summed E-state index contributed by atoms with van der Waals surface area (Å²) in [5.74, 6) is 0.852. The lowest BCUT2D eigenvalue weighted by Crippen LogP contribution is -2.45. The van der Waals surface area contributed by atoms with Crippen LogP contribution in [0.5, 0.6) is 0 Å². The molecule has 3 heterocycles. The lowest BCUT2D eigenvalue weighted by atomic mass is 10.0. The highest BCUT2D eigenvalue weighted by molar-refractivity contribution is 5.76. The van der Waals surface area contributed by atoms with Gasteiger partial charge in [-0.3, -0.25) is 9.69 Å². The molecule has 4 rings (SSSR count). The molecule has 28 heavy (non-hydrogen) atoms. The Morgan fingerprint density at radius 3 is 2.71 bits per heavy atom. The number of aryl methyl sites for hydroxylation is 1. The number of aromatic nitrogens is 4. The number of fused-ring (bicyclic) bond motifs is 1. The van der Waals surface area contributed by atoms with Crippen LogP contribution in [0.15, 0.2) is 47.4 Å². The van der Waals surface area contributed by atoms with E-state index in [0.29, 0.717) is 12.6 Å². The fourth-order valence-corrected chi connectivity index (χ4v) is 3.83. The molecule has 1 unspecified atom stereocenters. The van der Waals surface area contributed by atoms with Crippen LogP contribution in [0.1, 0.15) is 25.0 Å². The lowest BCUT2D eigenvalue weighted by Gasteiger charge is -2.36. The van der Waals surface area contributed by atoms with Gasteiger partial charge in [0.05, 0.1) is 23.3 Å². The highest BCUT2D eigenvalue weighted by Crippen LogP contribution is 2.20. The van der Waals surface area contributed by atoms with Crippen molar-refractivity contribution in [2.45, 2.75) is 38.8 Å². The molecule has 0 saturated carbocycles. The summed E-state index contributed by atoms with van der Waals surface area (Å²) in [6.45, 7) is 5.31. The third kappa shape index (κ3) is 4.20. The molecule has 0 bridgehead atoms. The Hall–Kier alpha value is -2.80. The van der Waals surface area contributed by atoms with Crippen LogP contribution in [-0.4, -0.2) is 50.3 Å². The minimum absolute atomic E-state index is 0.0451. The van der Waals surface area contributed by atoms with Crippen molar-refractivity contribution in [1.29, 1.82) is 0 Å². The molecule has 1 aliphatic rings. The number of rotatable bonds is 6. The van der Waals surface area contributed by atoms with Gasteiger partial charge in [0.2, 0.25) is 0 Å². The summed E-state index contributed by atoms with van der Waals surface area (Å²) in [4.78, 5) is 23.7. The van der Waals surface area contributed by atoms with Crippen molar-refractivity contribution in [3.05, 3.63) is 58.6 Å². The molecule has 1 N–H and O–H groups in total. The molecule has 1 aliphatic heterocycles. The Morgan fingerprint density at radius 2 is 1.89 bits per heavy atom. The van der Waals surface area contributed by atoms with Gasteiger partial charge in [-0.2, -0.15) is 5.10 Å². The van der Waals surface area contributed by atoms with Gasteiger partial charge in [0.25, 0.3) is 5.56 Å². The third-order valence-electron chi connectivity index (χ3n) is 5.38. The number of nitrogens with one attached hydrogen (secondary N) is 1. The summed E-state index contributed by atoms with van der Waals surface area (Å²) in [6.07, 6.45) is 5.24. The number of para-hydroxylation sites is 2. The number of anilines is 1. The molecule has 146 valence electrons. The minimum Gasteiger partial charge on any atom is -0.367 e. The van der Waals surface area contributed by atoms with Gasteiger partial charge in [-0.1, -0.05) is 18.6 Å². The summed E-state index contributed by atoms with van der Waals surface area (Å²) >= 11 is 0. The first-order valence-corrected chi connectivity index (χ1v) is 9.94. The van der Waals surface area contributed by atoms with Crippen molar-refractivity contribution in [3.63, 3.8) is 0 Å². The van der Waals surface area contributed by atoms with E-state index in [4.69, 9.17) is 4.98 Å². The van der Waals surface area contributed by atoms with Crippen LogP contribution in [0, 0.1) is 6.92 Å². The maximum absolute atomic E-state index is 11.9. The molecule has 0 amide bonds. The third-order valence-corrected chi connectivity index (χ3v) is 5.38. The van der Waals surface area contributed by atoms with Gasteiger partial charge in [-0.25, -0.2) is 14.6 Å². The molecule has 0 spiro atoms. The summed E-state index contributed by atoms with van der Waals surface area (Å²) in [6, 6.07) is 11.6. The summed E-state index contributed by atoms with van der Waals surface area (Å²) in [7, 11) is 0. The molecule has 2 aromatic heterocycles. The summed E-state index contributed by atoms with van der Waals surface area (Å²) in [5.41, 5.74) is 2.70. The fourth-order valence-electron chi connectivity index (χ4n) is 3.83. The lowest BCUT2D eigenvalue weighted by molar-refractivity contribution is 0.148. The van der Waals surface area contributed by atoms with E-state index in [2.05, 4.69) is 20.3 Å². The Labute approximate surface area is 164 Å². The van der Waals surface area contributed by atoms with Crippen LogP contribution < -0.4 is 10.9 Å². The largest absolute Gasteiger partial charge is 0.367 e. The van der Waals surface area contributed by atoms with E-state index in [1.165, 1.54) is 17.5 Å². The van der Waals surface area contributed by atoms with Crippen LogP contribution in [0.2, 0.25) is 0 Å². The first kappa shape index (κ1) is 18.6. The number of nitrogens with zero attached hydrogens (tertiary/aromatic N) is 5. The molecule has 7 heteroatoms. The predicted molar refractivity (Wildman–Crippen MR) is 110 cm³/mol. The first-order valence-electron chi connectivity index (χ1n) is 9.94. The average Bonchev–Trinajstić information content (AvgIpc) is 2.72. The first-order chi connectivity index (χ1) is 13.7. The van der Waals surface area contributed by atoms with Crippen molar-refractivity contribution < 1.29 is 0 Å². The summed E-state index contributed by atoms with van der Waals surface area (Å²) < 4.78 is 1.54. The Balaban J connectivity index is 1.42. The molecular formula is C21H26N6O. The zero-order valence-electron chi connectivity index (χ0n) is 16.2. The minimum atomic E-state index is -0.0451. The topological polar surface area (TPSA) is 75.9 Å². The van der Waals surface area contributed by atoms with E-state index in [9.17, 15) is 4.79 Å². The zero-order chi connectivity index (χ0) is 19.3. The standard InChI is InChI=1S/C21H26N6O/c1-16-21(25-19-9-3-2-8-18(19)24-16)22-15-17-7-4-5-12-26(17)13-14-27-20(28)10-6-11-23-27/h2-3,6,8-11,17H,4-5,7,12-15H2,1H3,(H,22,25). The molecule has 1 atom stereocenters. The van der Waals surface area contributed by atoms with Crippen molar-refractivity contribution in [2.24, 2.45) is 0 Å². The summed E-state index contributed by atoms with van der Waals surface area (Å²) in [5, 5.41) is 7.68. The number of piperidine rings is 1. The molecule has 3 aromatic rings. The number of hydrogen-bond acceptors (Lipinski definition) is 6. The second kappa shape index (κ2) is 8.48. The Kier molecular flexibility index (Phi) is 5.62. The SMILES string of the molecule is Cc1nc2ccccc2nc1NCC1CCCCN1CCn1ncccc1=O. The predicted octanol–water partition coefficient (Wildman–Crippen LogP) is 2.46. The van der Waals surface area contributed by atoms with Gasteiger partial charge in [-0.15, -0.1) is 0 Å². The molecule has 1 aromatic carbocycles. The van der Waals surface area contributed by atoms with Gasteiger partial charge in [-0.05, 0) is 44.5 Å². The monoisotopic (exact) mass is 378 g/mol. The van der Waals surface area contributed by atoms with E-state index in [-0.39, 0.29) is 5.56 Å². The molecule has 1 saturated heterocycles. The maximum Gasteiger partial charge on any atom is 0.266 e. The smallest absolute Gasteiger partial charge is 0.266 e. The van der Waals surface area contributed by atoms with Crippen LogP contribution in [0.3, 0.4) is 0 Å². The van der Waals surface area contributed by atoms with Crippen molar-refractivity contribution in [1.82, 2.24) is 24.6 Å². The van der Waals surface area contributed by atoms with E-state index in [1.807, 2.05) is 31.2 Å². The highest BCUT2D eigenvalue weighted by Gasteiger charge is 2.22. The Bertz CT molecular complexity index is 1000. The molecular weight excluding hydrogens is 352 g/mol. The zero-order valence-corrected chi connectivity index (χ0v) is 16.2. The normalized spacial score (nSPS) is 17.7. The second-order valence-corrected chi connectivity index (χ2v) is 7.30. The molecule has 0 radical (unpaired) electrons. The molecule has 0 aliphatic carbocycles. The van der Waals surface area contributed by atoms with Crippen LogP contribution in [0.25, 0.3) is 11.0 Å². The van der Waals surface area contributed by atoms with E-state index < -0.39 is 0 Å². The second-order valence-electron chi connectivity index (χ2n) is 7.30. The fraction of sp³-hybridized carbons (Fsp3) is 0.429. The van der Waals surface area contributed by atoms with Gasteiger partial charge in [0.15, 0.2) is 0 Å². The average molecular weight is 378 g/mol. The van der Waals surface area contributed by atoms with Crippen LogP contribution in [0.4, 0.5) is 5.82 Å². The van der Waals surface area contributed by atoms with Gasteiger partial charge >= 0.3 is 0 Å². The van der Waals surface area contributed by atoms with E-state index in [1.54, 1.807) is 18.3 Å². The van der Waals surface area contributed by atoms with Crippen LogP contribution in [-0.2, 0) is 6.54 Å². The highest BCUT2D eigenvalue weighted by atomic mass is 16.1. The number of benzene rings is 1. The van der Waals surface area contributed by atoms with Gasteiger partial charge < -0.3 is 5.32 Å². The van der Waals surface area contributed by atoms with Crippen molar-refractivity contribution in [2.75, 3.05) is 25.0 Å². The van der Waals surface area contributed by atoms with Crippen LogP contribution >= 0.6 is 0 Å². The molecule has 1 fully saturated rings. The van der Waals surface area contributed by atoms with Gasteiger partial charge in [0.1, 0.15) is 5.82 Å². The maximum atomic E-state index is 11.9. The quantitative estimate of drug-likeness (QED) is 0.710. The number of hydrogen-bond donors (Lipinski definition) is 1.